The number of aliphatic hydroxyl groups is 1. The number of halogens is 2. The number of likely N-dealkylation sites (tertiary alicyclic amines) is 1. The number of hydrogen-bond donors (Lipinski definition) is 3. The molecule has 1 aliphatic heterocycles. The summed E-state index contributed by atoms with van der Waals surface area (Å²) >= 11 is 12.0. The average Bonchev–Trinajstić information content (AvgIpc) is 2.85. The van der Waals surface area contributed by atoms with E-state index in [0.717, 1.165) is 7.11 Å². The Morgan fingerprint density at radius 2 is 1.92 bits per heavy atom. The highest BCUT2D eigenvalue weighted by Crippen LogP contribution is 2.27. The van der Waals surface area contributed by atoms with Gasteiger partial charge in [0.1, 0.15) is 10.8 Å². The lowest BCUT2D eigenvalue weighted by Crippen LogP contribution is -2.46. The zero-order chi connectivity index (χ0) is 18.3. The summed E-state index contributed by atoms with van der Waals surface area (Å²) in [6.45, 7) is 5.00. The number of amides is 2. The molecule has 1 saturated heterocycles. The summed E-state index contributed by atoms with van der Waals surface area (Å²) in [4.78, 5) is 28.3. The molecule has 3 N–H and O–H groups in total. The van der Waals surface area contributed by atoms with Crippen molar-refractivity contribution in [1.29, 1.82) is 0 Å². The van der Waals surface area contributed by atoms with Gasteiger partial charge >= 0.3 is 6.09 Å². The number of piperidine rings is 1. The minimum atomic E-state index is -0.304. The highest BCUT2D eigenvalue weighted by atomic mass is 35.5. The van der Waals surface area contributed by atoms with Gasteiger partial charge < -0.3 is 25.0 Å². The molecule has 0 aliphatic carbocycles. The van der Waals surface area contributed by atoms with Crippen molar-refractivity contribution in [3.63, 3.8) is 0 Å². The Balaban J connectivity index is 0.00000139. The molecule has 0 spiro atoms. The van der Waals surface area contributed by atoms with Gasteiger partial charge in [-0.1, -0.05) is 23.2 Å². The van der Waals surface area contributed by atoms with Crippen LogP contribution in [0.5, 0.6) is 0 Å². The number of aromatic amines is 1. The number of rotatable bonds is 3. The van der Waals surface area contributed by atoms with E-state index < -0.39 is 0 Å². The van der Waals surface area contributed by atoms with Crippen LogP contribution in [0.15, 0.2) is 0 Å². The number of aromatic nitrogens is 1. The molecule has 0 atom stereocenters. The first-order valence-corrected chi connectivity index (χ1v) is 8.40. The van der Waals surface area contributed by atoms with E-state index in [1.807, 2.05) is 0 Å². The van der Waals surface area contributed by atoms with Crippen molar-refractivity contribution in [3.05, 3.63) is 21.4 Å². The molecule has 2 rings (SSSR count). The van der Waals surface area contributed by atoms with Crippen LogP contribution in [0.3, 0.4) is 0 Å². The highest BCUT2D eigenvalue weighted by molar-refractivity contribution is 6.38. The van der Waals surface area contributed by atoms with E-state index in [4.69, 9.17) is 33.0 Å². The Morgan fingerprint density at radius 1 is 1.33 bits per heavy atom. The van der Waals surface area contributed by atoms with E-state index in [1.54, 1.807) is 18.7 Å². The van der Waals surface area contributed by atoms with Crippen LogP contribution in [0.25, 0.3) is 0 Å². The van der Waals surface area contributed by atoms with E-state index in [2.05, 4.69) is 10.3 Å². The zero-order valence-corrected chi connectivity index (χ0v) is 15.5. The Bertz CT molecular complexity index is 569. The van der Waals surface area contributed by atoms with Crippen LogP contribution in [0, 0.1) is 6.92 Å². The molecule has 0 radical (unpaired) electrons. The summed E-state index contributed by atoms with van der Waals surface area (Å²) < 4.78 is 4.96. The SMILES string of the molecule is CCOC(=O)N1CCC(NC(=O)c2[nH]c(Cl)c(C)c2Cl)CC1.CO. The Kier molecular flexibility index (Phi) is 8.38. The molecule has 9 heteroatoms. The first-order chi connectivity index (χ1) is 11.4. The maximum absolute atomic E-state index is 12.2. The van der Waals surface area contributed by atoms with Gasteiger partial charge in [0.2, 0.25) is 0 Å². The zero-order valence-electron chi connectivity index (χ0n) is 14.0. The topological polar surface area (TPSA) is 94.7 Å². The van der Waals surface area contributed by atoms with E-state index in [1.165, 1.54) is 0 Å². The minimum Gasteiger partial charge on any atom is -0.450 e. The number of nitrogens with one attached hydrogen (secondary N) is 2. The van der Waals surface area contributed by atoms with Crippen molar-refractivity contribution in [2.24, 2.45) is 0 Å². The molecule has 0 aromatic carbocycles. The smallest absolute Gasteiger partial charge is 0.409 e. The standard InChI is InChI=1S/C14H19Cl2N3O3.CH4O/c1-3-22-14(21)19-6-4-9(5-7-19)17-13(20)11-10(15)8(2)12(16)18-11;1-2/h9,18H,3-7H2,1-2H3,(H,17,20);2H,1H3. The number of carbonyl (C=O) groups is 2. The van der Waals surface area contributed by atoms with Crippen LogP contribution in [0.4, 0.5) is 4.79 Å². The molecule has 24 heavy (non-hydrogen) atoms. The molecule has 1 aromatic heterocycles. The summed E-state index contributed by atoms with van der Waals surface area (Å²) in [5, 5.41) is 10.6. The van der Waals surface area contributed by atoms with Crippen LogP contribution in [-0.4, -0.2) is 59.8 Å². The number of H-pyrrole nitrogens is 1. The van der Waals surface area contributed by atoms with Crippen LogP contribution in [0.1, 0.15) is 35.8 Å². The van der Waals surface area contributed by atoms with Gasteiger partial charge in [-0.2, -0.15) is 0 Å². The van der Waals surface area contributed by atoms with Crippen LogP contribution < -0.4 is 5.32 Å². The van der Waals surface area contributed by atoms with Crippen molar-refractivity contribution in [2.45, 2.75) is 32.7 Å². The molecule has 1 fully saturated rings. The fourth-order valence-corrected chi connectivity index (χ4v) is 2.84. The van der Waals surface area contributed by atoms with Gasteiger partial charge in [0, 0.05) is 31.8 Å². The van der Waals surface area contributed by atoms with E-state index in [-0.39, 0.29) is 23.7 Å². The highest BCUT2D eigenvalue weighted by Gasteiger charge is 2.26. The summed E-state index contributed by atoms with van der Waals surface area (Å²) in [6.07, 6.45) is 1.05. The maximum atomic E-state index is 12.2. The fraction of sp³-hybridized carbons (Fsp3) is 0.600. The van der Waals surface area contributed by atoms with Crippen LogP contribution >= 0.6 is 23.2 Å². The van der Waals surface area contributed by atoms with Gasteiger partial charge in [-0.3, -0.25) is 4.79 Å². The van der Waals surface area contributed by atoms with Gasteiger partial charge in [-0.05, 0) is 26.7 Å². The average molecular weight is 380 g/mol. The van der Waals surface area contributed by atoms with Gasteiger partial charge in [0.15, 0.2) is 0 Å². The second kappa shape index (κ2) is 9.76. The second-order valence-electron chi connectivity index (χ2n) is 5.19. The molecule has 136 valence electrons. The predicted octanol–water partition coefficient (Wildman–Crippen LogP) is 2.59. The van der Waals surface area contributed by atoms with Crippen LogP contribution in [0.2, 0.25) is 10.2 Å². The van der Waals surface area contributed by atoms with Gasteiger partial charge in [-0.25, -0.2) is 4.79 Å². The summed E-state index contributed by atoms with van der Waals surface area (Å²) in [6, 6.07) is -0.00313. The molecule has 2 amide bonds. The monoisotopic (exact) mass is 379 g/mol. The molecular weight excluding hydrogens is 357 g/mol. The Hall–Kier alpha value is -1.44. The van der Waals surface area contributed by atoms with Crippen molar-refractivity contribution in [3.8, 4) is 0 Å². The lowest BCUT2D eigenvalue weighted by molar-refractivity contribution is 0.0857. The largest absolute Gasteiger partial charge is 0.450 e. The molecule has 0 bridgehead atoms. The van der Waals surface area contributed by atoms with Gasteiger partial charge in [0.05, 0.1) is 11.6 Å². The van der Waals surface area contributed by atoms with Crippen molar-refractivity contribution < 1.29 is 19.4 Å². The molecule has 0 saturated carbocycles. The van der Waals surface area contributed by atoms with E-state index >= 15 is 0 Å². The Labute approximate surface area is 151 Å². The summed E-state index contributed by atoms with van der Waals surface area (Å²) in [5.74, 6) is -0.283. The number of nitrogens with zero attached hydrogens (tertiary/aromatic N) is 1. The summed E-state index contributed by atoms with van der Waals surface area (Å²) in [5.41, 5.74) is 0.933. The van der Waals surface area contributed by atoms with E-state index in [0.29, 0.717) is 48.3 Å². The molecular formula is C15H23Cl2N3O4. The molecule has 1 aromatic rings. The second-order valence-corrected chi connectivity index (χ2v) is 5.94. The minimum absolute atomic E-state index is 0.00313. The van der Waals surface area contributed by atoms with Gasteiger partial charge in [0.25, 0.3) is 5.91 Å². The normalized spacial score (nSPS) is 14.7. The Morgan fingerprint density at radius 3 is 2.38 bits per heavy atom. The third kappa shape index (κ3) is 5.03. The molecule has 1 aliphatic rings. The van der Waals surface area contributed by atoms with Crippen molar-refractivity contribution in [1.82, 2.24) is 15.2 Å². The molecule has 2 heterocycles. The predicted molar refractivity (Wildman–Crippen MR) is 92.8 cm³/mol. The van der Waals surface area contributed by atoms with Crippen molar-refractivity contribution in [2.75, 3.05) is 26.8 Å². The molecule has 0 unspecified atom stereocenters. The third-order valence-corrected chi connectivity index (χ3v) is 4.55. The maximum Gasteiger partial charge on any atom is 0.409 e. The number of hydrogen-bond acceptors (Lipinski definition) is 4. The molecule has 7 nitrogen and oxygen atoms in total. The first-order valence-electron chi connectivity index (χ1n) is 7.64. The summed E-state index contributed by atoms with van der Waals surface area (Å²) in [7, 11) is 1.00. The number of aliphatic hydroxyl groups excluding tert-OH is 1. The quantitative estimate of drug-likeness (QED) is 0.751. The lowest BCUT2D eigenvalue weighted by Gasteiger charge is -2.31. The van der Waals surface area contributed by atoms with Gasteiger partial charge in [-0.15, -0.1) is 0 Å². The lowest BCUT2D eigenvalue weighted by atomic mass is 10.1. The van der Waals surface area contributed by atoms with E-state index in [9.17, 15) is 9.59 Å². The van der Waals surface area contributed by atoms with Crippen molar-refractivity contribution >= 4 is 35.2 Å². The third-order valence-electron chi connectivity index (χ3n) is 3.70. The fourth-order valence-electron chi connectivity index (χ4n) is 2.38. The number of ether oxygens (including phenoxy) is 1. The first kappa shape index (κ1) is 20.6. The van der Waals surface area contributed by atoms with Crippen LogP contribution in [-0.2, 0) is 4.74 Å². The number of carbonyl (C=O) groups excluding carboxylic acids is 2.